The summed E-state index contributed by atoms with van der Waals surface area (Å²) in [4.78, 5) is 23.7. The van der Waals surface area contributed by atoms with Gasteiger partial charge < -0.3 is 10.0 Å². The predicted octanol–water partition coefficient (Wildman–Crippen LogP) is 0.884. The van der Waals surface area contributed by atoms with Crippen LogP contribution in [0.4, 0.5) is 0 Å². The maximum atomic E-state index is 11.3. The van der Waals surface area contributed by atoms with E-state index >= 15 is 0 Å². The van der Waals surface area contributed by atoms with Crippen LogP contribution in [0.25, 0.3) is 0 Å². The molecule has 2 unspecified atom stereocenters. The summed E-state index contributed by atoms with van der Waals surface area (Å²) < 4.78 is 0. The molecular weight excluding hydrogens is 182 g/mol. The zero-order valence-electron chi connectivity index (χ0n) is 8.27. The zero-order chi connectivity index (χ0) is 10.7. The number of hydrogen-bond acceptors (Lipinski definition) is 2. The lowest BCUT2D eigenvalue weighted by Gasteiger charge is -2.35. The van der Waals surface area contributed by atoms with Gasteiger partial charge in [0.1, 0.15) is 0 Å². The molecule has 0 aromatic rings. The van der Waals surface area contributed by atoms with Crippen LogP contribution in [-0.2, 0) is 9.59 Å². The fraction of sp³-hybridized carbons (Fsp3) is 0.600. The standard InChI is InChI=1S/C10H15NO3/c1-3-9(12)11-5-4-8(10(13)14)6-7(11)2/h3,7-8H,1,4-6H2,2H3,(H,13,14). The van der Waals surface area contributed by atoms with E-state index in [1.165, 1.54) is 6.08 Å². The van der Waals surface area contributed by atoms with Gasteiger partial charge in [0.15, 0.2) is 0 Å². The fourth-order valence-corrected chi connectivity index (χ4v) is 1.84. The number of likely N-dealkylation sites (tertiary alicyclic amines) is 1. The maximum absolute atomic E-state index is 11.3. The van der Waals surface area contributed by atoms with Gasteiger partial charge in [-0.05, 0) is 25.8 Å². The van der Waals surface area contributed by atoms with E-state index in [1.807, 2.05) is 6.92 Å². The first-order chi connectivity index (χ1) is 6.56. The molecule has 1 fully saturated rings. The molecule has 1 N–H and O–H groups in total. The maximum Gasteiger partial charge on any atom is 0.306 e. The number of aliphatic carboxylic acids is 1. The molecule has 14 heavy (non-hydrogen) atoms. The lowest BCUT2D eigenvalue weighted by molar-refractivity contribution is -0.146. The monoisotopic (exact) mass is 197 g/mol. The largest absolute Gasteiger partial charge is 0.481 e. The number of carboxylic acid groups (broad SMARTS) is 1. The minimum atomic E-state index is -0.762. The molecule has 2 atom stereocenters. The normalized spacial score (nSPS) is 27.1. The summed E-state index contributed by atoms with van der Waals surface area (Å²) in [6, 6.07) is -0.00431. The van der Waals surface area contributed by atoms with Crippen molar-refractivity contribution < 1.29 is 14.7 Å². The average molecular weight is 197 g/mol. The Morgan fingerprint density at radius 3 is 2.64 bits per heavy atom. The molecule has 0 spiro atoms. The summed E-state index contributed by atoms with van der Waals surface area (Å²) in [5.74, 6) is -1.18. The smallest absolute Gasteiger partial charge is 0.306 e. The summed E-state index contributed by atoms with van der Waals surface area (Å²) >= 11 is 0. The quantitative estimate of drug-likeness (QED) is 0.669. The van der Waals surface area contributed by atoms with E-state index in [4.69, 9.17) is 5.11 Å². The predicted molar refractivity (Wildman–Crippen MR) is 51.7 cm³/mol. The molecule has 1 heterocycles. The minimum Gasteiger partial charge on any atom is -0.481 e. The number of piperidine rings is 1. The first kappa shape index (κ1) is 10.8. The molecule has 1 saturated heterocycles. The molecule has 0 radical (unpaired) electrons. The highest BCUT2D eigenvalue weighted by Gasteiger charge is 2.30. The summed E-state index contributed by atoms with van der Waals surface area (Å²) in [6.07, 6.45) is 2.35. The fourth-order valence-electron chi connectivity index (χ4n) is 1.84. The van der Waals surface area contributed by atoms with Crippen molar-refractivity contribution in [2.75, 3.05) is 6.54 Å². The third-order valence-electron chi connectivity index (χ3n) is 2.68. The van der Waals surface area contributed by atoms with Gasteiger partial charge in [0.05, 0.1) is 5.92 Å². The molecular formula is C10H15NO3. The van der Waals surface area contributed by atoms with Gasteiger partial charge >= 0.3 is 5.97 Å². The Labute approximate surface area is 83.2 Å². The van der Waals surface area contributed by atoms with Crippen molar-refractivity contribution in [2.45, 2.75) is 25.8 Å². The Balaban J connectivity index is 2.60. The Morgan fingerprint density at radius 1 is 1.57 bits per heavy atom. The number of carbonyl (C=O) groups excluding carboxylic acids is 1. The SMILES string of the molecule is C=CC(=O)N1CCC(C(=O)O)CC1C. The van der Waals surface area contributed by atoms with Crippen molar-refractivity contribution in [3.05, 3.63) is 12.7 Å². The van der Waals surface area contributed by atoms with Crippen LogP contribution in [0.5, 0.6) is 0 Å². The van der Waals surface area contributed by atoms with Gasteiger partial charge in [0.25, 0.3) is 0 Å². The summed E-state index contributed by atoms with van der Waals surface area (Å²) in [5.41, 5.74) is 0. The molecule has 1 rings (SSSR count). The highest BCUT2D eigenvalue weighted by Crippen LogP contribution is 2.22. The number of carboxylic acids is 1. The number of amides is 1. The summed E-state index contributed by atoms with van der Waals surface area (Å²) in [5, 5.41) is 8.81. The molecule has 0 bridgehead atoms. The first-order valence-corrected chi connectivity index (χ1v) is 4.72. The molecule has 0 aromatic carbocycles. The second kappa shape index (κ2) is 4.26. The van der Waals surface area contributed by atoms with Crippen molar-refractivity contribution in [2.24, 2.45) is 5.92 Å². The van der Waals surface area contributed by atoms with Crippen molar-refractivity contribution in [1.29, 1.82) is 0 Å². The van der Waals surface area contributed by atoms with E-state index in [2.05, 4.69) is 6.58 Å². The van der Waals surface area contributed by atoms with Gasteiger partial charge in [-0.25, -0.2) is 0 Å². The third kappa shape index (κ3) is 2.13. The van der Waals surface area contributed by atoms with E-state index in [-0.39, 0.29) is 17.9 Å². The molecule has 0 aromatic heterocycles. The average Bonchev–Trinajstić information content (AvgIpc) is 2.16. The van der Waals surface area contributed by atoms with Crippen LogP contribution in [0.15, 0.2) is 12.7 Å². The van der Waals surface area contributed by atoms with Crippen LogP contribution in [0.1, 0.15) is 19.8 Å². The summed E-state index contributed by atoms with van der Waals surface area (Å²) in [7, 11) is 0. The molecule has 1 amide bonds. The Bertz CT molecular complexity index is 262. The van der Waals surface area contributed by atoms with E-state index in [9.17, 15) is 9.59 Å². The van der Waals surface area contributed by atoms with Gasteiger partial charge in [-0.15, -0.1) is 0 Å². The van der Waals surface area contributed by atoms with E-state index in [0.717, 1.165) is 0 Å². The molecule has 78 valence electrons. The number of rotatable bonds is 2. The Hall–Kier alpha value is -1.32. The number of nitrogens with zero attached hydrogens (tertiary/aromatic N) is 1. The lowest BCUT2D eigenvalue weighted by atomic mass is 9.92. The Morgan fingerprint density at radius 2 is 2.21 bits per heavy atom. The van der Waals surface area contributed by atoms with E-state index in [1.54, 1.807) is 4.90 Å². The second-order valence-corrected chi connectivity index (χ2v) is 3.64. The molecule has 1 aliphatic heterocycles. The Kier molecular flexibility index (Phi) is 3.28. The molecule has 4 nitrogen and oxygen atoms in total. The number of hydrogen-bond donors (Lipinski definition) is 1. The van der Waals surface area contributed by atoms with Gasteiger partial charge in [0.2, 0.25) is 5.91 Å². The van der Waals surface area contributed by atoms with Crippen molar-refractivity contribution >= 4 is 11.9 Å². The van der Waals surface area contributed by atoms with Gasteiger partial charge in [0, 0.05) is 12.6 Å². The zero-order valence-corrected chi connectivity index (χ0v) is 8.27. The molecule has 4 heteroatoms. The van der Waals surface area contributed by atoms with Gasteiger partial charge in [-0.2, -0.15) is 0 Å². The summed E-state index contributed by atoms with van der Waals surface area (Å²) in [6.45, 7) is 5.81. The molecule has 1 aliphatic rings. The van der Waals surface area contributed by atoms with Crippen molar-refractivity contribution in [3.8, 4) is 0 Å². The van der Waals surface area contributed by atoms with Crippen LogP contribution < -0.4 is 0 Å². The van der Waals surface area contributed by atoms with Crippen LogP contribution in [0.3, 0.4) is 0 Å². The highest BCUT2D eigenvalue weighted by atomic mass is 16.4. The van der Waals surface area contributed by atoms with Gasteiger partial charge in [-0.1, -0.05) is 6.58 Å². The molecule has 0 aliphatic carbocycles. The first-order valence-electron chi connectivity index (χ1n) is 4.72. The topological polar surface area (TPSA) is 57.6 Å². The third-order valence-corrected chi connectivity index (χ3v) is 2.68. The van der Waals surface area contributed by atoms with E-state index in [0.29, 0.717) is 19.4 Å². The molecule has 0 saturated carbocycles. The van der Waals surface area contributed by atoms with Crippen LogP contribution >= 0.6 is 0 Å². The van der Waals surface area contributed by atoms with Crippen LogP contribution in [0.2, 0.25) is 0 Å². The van der Waals surface area contributed by atoms with Crippen LogP contribution in [0, 0.1) is 5.92 Å². The van der Waals surface area contributed by atoms with Crippen molar-refractivity contribution in [1.82, 2.24) is 4.90 Å². The van der Waals surface area contributed by atoms with Crippen molar-refractivity contribution in [3.63, 3.8) is 0 Å². The number of carbonyl (C=O) groups is 2. The lowest BCUT2D eigenvalue weighted by Crippen LogP contribution is -2.45. The highest BCUT2D eigenvalue weighted by molar-refractivity contribution is 5.87. The minimum absolute atomic E-state index is 0.00431. The van der Waals surface area contributed by atoms with Crippen LogP contribution in [-0.4, -0.2) is 34.5 Å². The second-order valence-electron chi connectivity index (χ2n) is 3.64. The van der Waals surface area contributed by atoms with Gasteiger partial charge in [-0.3, -0.25) is 9.59 Å². The van der Waals surface area contributed by atoms with E-state index < -0.39 is 5.97 Å².